The highest BCUT2D eigenvalue weighted by Crippen LogP contribution is 2.50. The number of anilines is 2. The van der Waals surface area contributed by atoms with E-state index in [0.717, 1.165) is 29.2 Å². The van der Waals surface area contributed by atoms with Crippen molar-refractivity contribution in [2.45, 2.75) is 42.0 Å². The lowest BCUT2D eigenvalue weighted by Crippen LogP contribution is -2.40. The molecule has 0 radical (unpaired) electrons. The quantitative estimate of drug-likeness (QED) is 0.511. The van der Waals surface area contributed by atoms with Gasteiger partial charge in [-0.05, 0) is 43.7 Å². The van der Waals surface area contributed by atoms with Crippen molar-refractivity contribution in [2.75, 3.05) is 11.4 Å². The zero-order valence-electron chi connectivity index (χ0n) is 16.8. The molecule has 0 spiro atoms. The van der Waals surface area contributed by atoms with Crippen molar-refractivity contribution < 1.29 is 48.6 Å². The summed E-state index contributed by atoms with van der Waals surface area (Å²) in [7, 11) is -5.73. The lowest BCUT2D eigenvalue weighted by Gasteiger charge is -2.30. The van der Waals surface area contributed by atoms with Crippen molar-refractivity contribution in [2.24, 2.45) is 5.92 Å². The van der Waals surface area contributed by atoms with Gasteiger partial charge in [0.2, 0.25) is 15.8 Å². The van der Waals surface area contributed by atoms with Crippen LogP contribution in [0.5, 0.6) is 5.75 Å². The number of alkyl halides is 7. The maximum Gasteiger partial charge on any atom is 0.420 e. The van der Waals surface area contributed by atoms with Crippen LogP contribution in [0.4, 0.5) is 46.5 Å². The van der Waals surface area contributed by atoms with Gasteiger partial charge in [-0.1, -0.05) is 0 Å². The number of benzene rings is 2. The van der Waals surface area contributed by atoms with Gasteiger partial charge < -0.3 is 10.0 Å². The van der Waals surface area contributed by atoms with Crippen LogP contribution in [0.1, 0.15) is 25.3 Å². The standard InChI is InChI=1S/C20H17F8NO3S/c1-18(22,23)7-6-11-10-29(13-4-2-12(21)3-5-13)15-8-14(19(24,25)26)16(30)9-17(15)33(31,32)20(11,27)28/h2-5,8-9,11,30H,6-7,10H2,1H3. The first kappa shape index (κ1) is 25.1. The number of aromatic hydroxyl groups is 1. The Morgan fingerprint density at radius 2 is 1.67 bits per heavy atom. The molecule has 0 aliphatic carbocycles. The predicted octanol–water partition coefficient (Wildman–Crippen LogP) is 6.12. The van der Waals surface area contributed by atoms with Crippen molar-refractivity contribution in [3.63, 3.8) is 0 Å². The van der Waals surface area contributed by atoms with Crippen LogP contribution >= 0.6 is 0 Å². The summed E-state index contributed by atoms with van der Waals surface area (Å²) in [5.74, 6) is -8.04. The third-order valence-electron chi connectivity index (χ3n) is 5.27. The van der Waals surface area contributed by atoms with E-state index in [1.54, 1.807) is 0 Å². The fourth-order valence-electron chi connectivity index (χ4n) is 3.55. The van der Waals surface area contributed by atoms with Crippen LogP contribution in [0.25, 0.3) is 0 Å². The average Bonchev–Trinajstić information content (AvgIpc) is 2.72. The van der Waals surface area contributed by atoms with E-state index in [2.05, 4.69) is 0 Å². The molecule has 182 valence electrons. The van der Waals surface area contributed by atoms with Crippen LogP contribution in [-0.2, 0) is 16.0 Å². The summed E-state index contributed by atoms with van der Waals surface area (Å²) in [5.41, 5.74) is -2.69. The van der Waals surface area contributed by atoms with Gasteiger partial charge in [0, 0.05) is 24.7 Å². The maximum absolute atomic E-state index is 15.2. The molecule has 1 atom stereocenters. The molecule has 1 aliphatic rings. The molecule has 0 amide bonds. The van der Waals surface area contributed by atoms with Crippen LogP contribution in [0.3, 0.4) is 0 Å². The lowest BCUT2D eigenvalue weighted by molar-refractivity contribution is -0.138. The van der Waals surface area contributed by atoms with Gasteiger partial charge in [-0.2, -0.15) is 22.0 Å². The largest absolute Gasteiger partial charge is 0.507 e. The van der Waals surface area contributed by atoms with Crippen molar-refractivity contribution in [3.05, 3.63) is 47.8 Å². The van der Waals surface area contributed by atoms with Gasteiger partial charge in [0.05, 0.1) is 17.2 Å². The highest BCUT2D eigenvalue weighted by Gasteiger charge is 2.57. The fourth-order valence-corrected chi connectivity index (χ4v) is 5.19. The van der Waals surface area contributed by atoms with E-state index in [1.165, 1.54) is 0 Å². The summed E-state index contributed by atoms with van der Waals surface area (Å²) in [6.45, 7) is -0.514. The third kappa shape index (κ3) is 4.73. The summed E-state index contributed by atoms with van der Waals surface area (Å²) in [6, 6.07) is 4.02. The maximum atomic E-state index is 15.2. The minimum Gasteiger partial charge on any atom is -0.507 e. The van der Waals surface area contributed by atoms with E-state index in [0.29, 0.717) is 6.92 Å². The minimum atomic E-state index is -5.73. The topological polar surface area (TPSA) is 57.6 Å². The molecule has 0 bridgehead atoms. The Bertz CT molecular complexity index is 1140. The molecule has 0 saturated heterocycles. The molecule has 1 N–H and O–H groups in total. The molecule has 2 aromatic rings. The van der Waals surface area contributed by atoms with E-state index in [-0.39, 0.29) is 17.8 Å². The summed E-state index contributed by atoms with van der Waals surface area (Å²) in [4.78, 5) is -0.548. The van der Waals surface area contributed by atoms with Gasteiger partial charge in [-0.25, -0.2) is 21.6 Å². The van der Waals surface area contributed by atoms with Crippen molar-refractivity contribution in [1.82, 2.24) is 0 Å². The van der Waals surface area contributed by atoms with E-state index < -0.39 is 80.2 Å². The van der Waals surface area contributed by atoms with Crippen molar-refractivity contribution in [3.8, 4) is 5.75 Å². The molecule has 4 nitrogen and oxygen atoms in total. The van der Waals surface area contributed by atoms with Crippen molar-refractivity contribution in [1.29, 1.82) is 0 Å². The minimum absolute atomic E-state index is 0.0642. The molecule has 3 rings (SSSR count). The van der Waals surface area contributed by atoms with Crippen molar-refractivity contribution >= 4 is 21.2 Å². The number of nitrogens with zero attached hydrogens (tertiary/aromatic N) is 1. The first-order valence-corrected chi connectivity index (χ1v) is 10.9. The molecule has 1 heterocycles. The van der Waals surface area contributed by atoms with E-state index in [1.807, 2.05) is 0 Å². The van der Waals surface area contributed by atoms with Crippen LogP contribution in [0.15, 0.2) is 41.3 Å². The number of halogens is 8. The molecule has 0 saturated carbocycles. The number of phenols is 1. The Hall–Kier alpha value is -2.57. The molecule has 0 fully saturated rings. The second kappa shape index (κ2) is 8.03. The lowest BCUT2D eigenvalue weighted by atomic mass is 9.99. The van der Waals surface area contributed by atoms with E-state index in [4.69, 9.17) is 0 Å². The average molecular weight is 503 g/mol. The smallest absolute Gasteiger partial charge is 0.420 e. The molecule has 0 aromatic heterocycles. The van der Waals surface area contributed by atoms with E-state index >= 15 is 8.78 Å². The van der Waals surface area contributed by atoms with Gasteiger partial charge in [-0.15, -0.1) is 0 Å². The highest BCUT2D eigenvalue weighted by molar-refractivity contribution is 7.92. The molecule has 1 aliphatic heterocycles. The zero-order chi connectivity index (χ0) is 25.0. The Balaban J connectivity index is 2.30. The summed E-state index contributed by atoms with van der Waals surface area (Å²) < 4.78 is 136. The second-order valence-electron chi connectivity index (χ2n) is 7.79. The molecule has 13 heteroatoms. The molecular weight excluding hydrogens is 486 g/mol. The Labute approximate surface area is 183 Å². The van der Waals surface area contributed by atoms with Gasteiger partial charge in [0.25, 0.3) is 0 Å². The number of fused-ring (bicyclic) bond motifs is 1. The number of hydrogen-bond acceptors (Lipinski definition) is 4. The number of phenolic OH excluding ortho intramolecular Hbond substituents is 1. The number of rotatable bonds is 4. The third-order valence-corrected chi connectivity index (χ3v) is 7.23. The SMILES string of the molecule is CC(F)(F)CCC1CN(c2ccc(F)cc2)c2cc(C(F)(F)F)c(O)cc2S(=O)(=O)C1(F)F. The van der Waals surface area contributed by atoms with Crippen LogP contribution in [0.2, 0.25) is 0 Å². The Morgan fingerprint density at radius 3 is 2.18 bits per heavy atom. The number of sulfone groups is 1. The number of hydrogen-bond donors (Lipinski definition) is 1. The second-order valence-corrected chi connectivity index (χ2v) is 9.78. The van der Waals surface area contributed by atoms with Crippen LogP contribution in [0, 0.1) is 11.7 Å². The Morgan fingerprint density at radius 1 is 1.09 bits per heavy atom. The summed E-state index contributed by atoms with van der Waals surface area (Å²) in [6.07, 6.45) is -7.27. The zero-order valence-corrected chi connectivity index (χ0v) is 17.6. The van der Waals surface area contributed by atoms with E-state index in [9.17, 15) is 39.9 Å². The monoisotopic (exact) mass is 503 g/mol. The Kier molecular flexibility index (Phi) is 6.10. The van der Waals surface area contributed by atoms with Gasteiger partial charge in [0.1, 0.15) is 16.5 Å². The van der Waals surface area contributed by atoms with Gasteiger partial charge >= 0.3 is 11.4 Å². The highest BCUT2D eigenvalue weighted by atomic mass is 32.2. The van der Waals surface area contributed by atoms with Gasteiger partial charge in [-0.3, -0.25) is 0 Å². The summed E-state index contributed by atoms with van der Waals surface area (Å²) >= 11 is 0. The van der Waals surface area contributed by atoms with Gasteiger partial charge in [0.15, 0.2) is 0 Å². The molecule has 1 unspecified atom stereocenters. The fraction of sp³-hybridized carbons (Fsp3) is 0.400. The van der Waals surface area contributed by atoms with Crippen LogP contribution in [-0.4, -0.2) is 31.2 Å². The first-order valence-electron chi connectivity index (χ1n) is 9.43. The first-order chi connectivity index (χ1) is 14.9. The normalized spacial score (nSPS) is 20.3. The molecule has 33 heavy (non-hydrogen) atoms. The predicted molar refractivity (Wildman–Crippen MR) is 102 cm³/mol. The molecular formula is C20H17F8NO3S. The summed E-state index contributed by atoms with van der Waals surface area (Å²) in [5, 5.41) is 5.11. The van der Waals surface area contributed by atoms with Crippen LogP contribution < -0.4 is 4.90 Å². The molecule has 2 aromatic carbocycles.